The predicted octanol–water partition coefficient (Wildman–Crippen LogP) is 3.21. The van der Waals surface area contributed by atoms with Crippen LogP contribution in [0.15, 0.2) is 48.5 Å². The molecular weight excluding hydrogens is 345 g/mol. The van der Waals surface area contributed by atoms with Gasteiger partial charge in [-0.25, -0.2) is 4.39 Å². The Morgan fingerprint density at radius 1 is 1.16 bits per heavy atom. The Morgan fingerprint density at radius 3 is 2.32 bits per heavy atom. The molecule has 0 atom stereocenters. The summed E-state index contributed by atoms with van der Waals surface area (Å²) in [5.74, 6) is -0.526. The molecule has 0 aliphatic rings. The van der Waals surface area contributed by atoms with Crippen LogP contribution in [0, 0.1) is 5.82 Å². The normalized spacial score (nSPS) is 11.4. The first-order chi connectivity index (χ1) is 11.7. The summed E-state index contributed by atoms with van der Waals surface area (Å²) in [5, 5.41) is 0. The van der Waals surface area contributed by atoms with Gasteiger partial charge < -0.3 is 9.08 Å². The average Bonchev–Trinajstić information content (AvgIpc) is 2.52. The van der Waals surface area contributed by atoms with Gasteiger partial charge in [-0.2, -0.15) is 8.42 Å². The minimum absolute atomic E-state index is 0.0947. The molecule has 134 valence electrons. The molecule has 2 rings (SSSR count). The van der Waals surface area contributed by atoms with Crippen LogP contribution in [0.5, 0.6) is 5.75 Å². The van der Waals surface area contributed by atoms with E-state index >= 15 is 0 Å². The lowest BCUT2D eigenvalue weighted by molar-refractivity contribution is 0.0690. The maximum absolute atomic E-state index is 13.4. The average molecular weight is 365 g/mol. The zero-order valence-corrected chi connectivity index (χ0v) is 15.1. The van der Waals surface area contributed by atoms with Crippen molar-refractivity contribution in [2.24, 2.45) is 0 Å². The number of carbonyl (C=O) groups is 1. The zero-order chi connectivity index (χ0) is 18.6. The molecule has 0 aromatic heterocycles. The largest absolute Gasteiger partial charge is 0.383 e. The minimum Gasteiger partial charge on any atom is -0.383 e. The van der Waals surface area contributed by atoms with Crippen molar-refractivity contribution in [2.75, 3.05) is 6.26 Å². The fraction of sp³-hybridized carbons (Fsp3) is 0.278. The summed E-state index contributed by atoms with van der Waals surface area (Å²) in [5.41, 5.74) is 1.09. The molecular formula is C18H20FNO4S. The topological polar surface area (TPSA) is 63.7 Å². The third-order valence-electron chi connectivity index (χ3n) is 3.48. The molecule has 0 unspecified atom stereocenters. The Bertz CT molecular complexity index is 848. The van der Waals surface area contributed by atoms with Gasteiger partial charge in [-0.15, -0.1) is 0 Å². The van der Waals surface area contributed by atoms with E-state index in [-0.39, 0.29) is 23.3 Å². The third kappa shape index (κ3) is 5.56. The van der Waals surface area contributed by atoms with E-state index in [1.54, 1.807) is 23.1 Å². The van der Waals surface area contributed by atoms with Gasteiger partial charge in [0, 0.05) is 18.2 Å². The summed E-state index contributed by atoms with van der Waals surface area (Å²) in [7, 11) is -3.58. The summed E-state index contributed by atoms with van der Waals surface area (Å²) in [6.45, 7) is 4.06. The van der Waals surface area contributed by atoms with E-state index in [0.29, 0.717) is 6.54 Å². The highest BCUT2D eigenvalue weighted by molar-refractivity contribution is 7.86. The molecule has 0 spiro atoms. The van der Waals surface area contributed by atoms with Crippen LogP contribution < -0.4 is 4.18 Å². The minimum atomic E-state index is -3.58. The van der Waals surface area contributed by atoms with Gasteiger partial charge in [0.2, 0.25) is 0 Å². The van der Waals surface area contributed by atoms with Crippen molar-refractivity contribution >= 4 is 16.0 Å². The van der Waals surface area contributed by atoms with E-state index in [1.165, 1.54) is 30.3 Å². The maximum Gasteiger partial charge on any atom is 0.306 e. The smallest absolute Gasteiger partial charge is 0.306 e. The molecule has 0 N–H and O–H groups in total. The summed E-state index contributed by atoms with van der Waals surface area (Å²) in [6, 6.07) is 11.9. The number of nitrogens with zero attached hydrogens (tertiary/aromatic N) is 1. The second kappa shape index (κ2) is 7.65. The quantitative estimate of drug-likeness (QED) is 0.738. The molecule has 0 heterocycles. The molecule has 0 radical (unpaired) electrons. The number of benzene rings is 2. The highest BCUT2D eigenvalue weighted by Crippen LogP contribution is 2.18. The first-order valence-corrected chi connectivity index (χ1v) is 9.52. The van der Waals surface area contributed by atoms with Crippen LogP contribution in [-0.4, -0.2) is 31.5 Å². The number of amides is 1. The molecule has 0 aliphatic heterocycles. The Labute approximate surface area is 147 Å². The highest BCUT2D eigenvalue weighted by Gasteiger charge is 2.19. The number of rotatable bonds is 6. The Morgan fingerprint density at radius 2 is 1.80 bits per heavy atom. The van der Waals surface area contributed by atoms with E-state index < -0.39 is 15.9 Å². The van der Waals surface area contributed by atoms with Crippen molar-refractivity contribution < 1.29 is 21.8 Å². The van der Waals surface area contributed by atoms with Gasteiger partial charge in [0.05, 0.1) is 6.26 Å². The van der Waals surface area contributed by atoms with Gasteiger partial charge in [-0.1, -0.05) is 18.2 Å². The van der Waals surface area contributed by atoms with Crippen molar-refractivity contribution in [3.8, 4) is 5.75 Å². The first-order valence-electron chi connectivity index (χ1n) is 7.70. The molecule has 2 aromatic carbocycles. The van der Waals surface area contributed by atoms with Gasteiger partial charge >= 0.3 is 10.1 Å². The molecule has 5 nitrogen and oxygen atoms in total. The van der Waals surface area contributed by atoms with Crippen molar-refractivity contribution in [3.05, 3.63) is 65.5 Å². The fourth-order valence-electron chi connectivity index (χ4n) is 2.30. The summed E-state index contributed by atoms with van der Waals surface area (Å²) < 4.78 is 40.4. The molecule has 0 aliphatic carbocycles. The fourth-order valence-corrected chi connectivity index (χ4v) is 2.76. The van der Waals surface area contributed by atoms with Gasteiger partial charge in [-0.05, 0) is 49.7 Å². The van der Waals surface area contributed by atoms with Crippen molar-refractivity contribution in [2.45, 2.75) is 26.4 Å². The molecule has 1 amide bonds. The Balaban J connectivity index is 2.18. The van der Waals surface area contributed by atoms with Crippen LogP contribution >= 0.6 is 0 Å². The van der Waals surface area contributed by atoms with Gasteiger partial charge in [0.1, 0.15) is 11.6 Å². The number of halogens is 1. The Kier molecular flexibility index (Phi) is 5.79. The summed E-state index contributed by atoms with van der Waals surface area (Å²) in [4.78, 5) is 14.3. The van der Waals surface area contributed by atoms with Crippen LogP contribution in [-0.2, 0) is 16.7 Å². The third-order valence-corrected chi connectivity index (χ3v) is 3.97. The number of hydrogen-bond acceptors (Lipinski definition) is 4. The molecule has 0 fully saturated rings. The zero-order valence-electron chi connectivity index (χ0n) is 14.3. The predicted molar refractivity (Wildman–Crippen MR) is 93.3 cm³/mol. The lowest BCUT2D eigenvalue weighted by atomic mass is 10.1. The van der Waals surface area contributed by atoms with Gasteiger partial charge in [0.15, 0.2) is 0 Å². The van der Waals surface area contributed by atoms with Crippen LogP contribution in [0.1, 0.15) is 29.8 Å². The maximum atomic E-state index is 13.4. The van der Waals surface area contributed by atoms with E-state index in [9.17, 15) is 17.6 Å². The first kappa shape index (κ1) is 18.9. The van der Waals surface area contributed by atoms with E-state index in [1.807, 2.05) is 13.8 Å². The summed E-state index contributed by atoms with van der Waals surface area (Å²) in [6.07, 6.45) is 0.971. The van der Waals surface area contributed by atoms with E-state index in [2.05, 4.69) is 0 Å². The molecule has 0 saturated heterocycles. The molecule has 0 bridgehead atoms. The lowest BCUT2D eigenvalue weighted by Gasteiger charge is -2.27. The molecule has 2 aromatic rings. The molecule has 7 heteroatoms. The highest BCUT2D eigenvalue weighted by atomic mass is 32.2. The van der Waals surface area contributed by atoms with Crippen molar-refractivity contribution in [1.29, 1.82) is 0 Å². The SMILES string of the molecule is CC(C)N(Cc1ccc(OS(C)(=O)=O)cc1)C(=O)c1cccc(F)c1. The van der Waals surface area contributed by atoms with Crippen molar-refractivity contribution in [3.63, 3.8) is 0 Å². The molecule has 0 saturated carbocycles. The van der Waals surface area contributed by atoms with Crippen molar-refractivity contribution in [1.82, 2.24) is 4.90 Å². The van der Waals surface area contributed by atoms with Crippen LogP contribution in [0.25, 0.3) is 0 Å². The van der Waals surface area contributed by atoms with Gasteiger partial charge in [0.25, 0.3) is 5.91 Å². The number of carbonyl (C=O) groups excluding carboxylic acids is 1. The van der Waals surface area contributed by atoms with Crippen LogP contribution in [0.2, 0.25) is 0 Å². The standard InChI is InChI=1S/C18H20FNO4S/c1-13(2)20(18(21)15-5-4-6-16(19)11-15)12-14-7-9-17(10-8-14)24-25(3,22)23/h4-11,13H,12H2,1-3H3. The van der Waals surface area contributed by atoms with Gasteiger partial charge in [-0.3, -0.25) is 4.79 Å². The molecule has 25 heavy (non-hydrogen) atoms. The number of hydrogen-bond donors (Lipinski definition) is 0. The monoisotopic (exact) mass is 365 g/mol. The van der Waals surface area contributed by atoms with Crippen LogP contribution in [0.3, 0.4) is 0 Å². The van der Waals surface area contributed by atoms with E-state index in [0.717, 1.165) is 11.8 Å². The summed E-state index contributed by atoms with van der Waals surface area (Å²) >= 11 is 0. The second-order valence-corrected chi connectivity index (χ2v) is 7.54. The second-order valence-electron chi connectivity index (χ2n) is 5.97. The van der Waals surface area contributed by atoms with Crippen LogP contribution in [0.4, 0.5) is 4.39 Å². The van der Waals surface area contributed by atoms with E-state index in [4.69, 9.17) is 4.18 Å². The lowest BCUT2D eigenvalue weighted by Crippen LogP contribution is -2.36. The Hall–Kier alpha value is -2.41.